The van der Waals surface area contributed by atoms with E-state index in [1.165, 1.54) is 16.7 Å². The van der Waals surface area contributed by atoms with Crippen molar-refractivity contribution in [1.29, 1.82) is 0 Å². The lowest BCUT2D eigenvalue weighted by atomic mass is 9.76. The average Bonchev–Trinajstić information content (AvgIpc) is 3.51. The molecule has 3 aromatic carbocycles. The van der Waals surface area contributed by atoms with Gasteiger partial charge in [-0.1, -0.05) is 72.8 Å². The largest absolute Gasteiger partial charge is 0.497 e. The summed E-state index contributed by atoms with van der Waals surface area (Å²) >= 11 is 0. The zero-order valence-corrected chi connectivity index (χ0v) is 14.9. The summed E-state index contributed by atoms with van der Waals surface area (Å²) in [6.07, 6.45) is 0. The van der Waals surface area contributed by atoms with E-state index < -0.39 is 5.54 Å². The van der Waals surface area contributed by atoms with Crippen LogP contribution in [0.15, 0.2) is 84.9 Å². The quantitative estimate of drug-likeness (QED) is 0.547. The molecule has 3 nitrogen and oxygen atoms in total. The molecule has 1 aliphatic rings. The van der Waals surface area contributed by atoms with Gasteiger partial charge < -0.3 is 9.84 Å². The van der Waals surface area contributed by atoms with Crippen molar-refractivity contribution in [3.8, 4) is 5.75 Å². The molecule has 26 heavy (non-hydrogen) atoms. The second kappa shape index (κ2) is 6.94. The number of aliphatic hydroxyl groups is 1. The normalized spacial score (nSPS) is 19.2. The van der Waals surface area contributed by atoms with Crippen LogP contribution in [0.5, 0.6) is 5.75 Å². The monoisotopic (exact) mass is 345 g/mol. The van der Waals surface area contributed by atoms with Crippen LogP contribution in [0.2, 0.25) is 0 Å². The fourth-order valence-electron chi connectivity index (χ4n) is 3.94. The average molecular weight is 345 g/mol. The minimum absolute atomic E-state index is 0.164. The third-order valence-electron chi connectivity index (χ3n) is 5.25. The Kier molecular flexibility index (Phi) is 4.49. The molecule has 1 saturated heterocycles. The molecule has 2 atom stereocenters. The first-order chi connectivity index (χ1) is 12.8. The Hall–Kier alpha value is -2.62. The zero-order valence-electron chi connectivity index (χ0n) is 14.9. The van der Waals surface area contributed by atoms with Crippen LogP contribution in [0.25, 0.3) is 0 Å². The molecule has 0 bridgehead atoms. The minimum Gasteiger partial charge on any atom is -0.497 e. The lowest BCUT2D eigenvalue weighted by molar-refractivity contribution is 0.237. The molecule has 1 unspecified atom stereocenters. The third kappa shape index (κ3) is 2.70. The second-order valence-electron chi connectivity index (χ2n) is 6.66. The highest BCUT2D eigenvalue weighted by Gasteiger charge is 2.52. The van der Waals surface area contributed by atoms with E-state index in [1.807, 2.05) is 24.3 Å². The standard InChI is InChI=1S/C23H23NO2/c1-26-22-14-12-20(13-15-22)23(24-16-21(24)17-25,18-8-4-2-5-9-18)19-10-6-3-7-11-19/h2-15,21,25H,16-17H2,1H3/t21-,24?/m0/s1. The Morgan fingerprint density at radius 2 is 1.35 bits per heavy atom. The van der Waals surface area contributed by atoms with E-state index in [2.05, 4.69) is 65.6 Å². The lowest BCUT2D eigenvalue weighted by Gasteiger charge is -2.38. The van der Waals surface area contributed by atoms with Crippen LogP contribution in [-0.2, 0) is 5.54 Å². The number of hydrogen-bond acceptors (Lipinski definition) is 3. The molecule has 3 heteroatoms. The first-order valence-corrected chi connectivity index (χ1v) is 8.94. The number of rotatable bonds is 6. The summed E-state index contributed by atoms with van der Waals surface area (Å²) in [6, 6.07) is 29.5. The highest BCUT2D eigenvalue weighted by Crippen LogP contribution is 2.48. The Labute approximate surface area is 154 Å². The van der Waals surface area contributed by atoms with E-state index in [-0.39, 0.29) is 12.6 Å². The Bertz CT molecular complexity index is 807. The molecule has 1 N–H and O–H groups in total. The molecule has 132 valence electrons. The van der Waals surface area contributed by atoms with Gasteiger partial charge in [0, 0.05) is 12.6 Å². The molecule has 0 spiro atoms. The molecule has 0 aliphatic carbocycles. The van der Waals surface area contributed by atoms with E-state index in [9.17, 15) is 5.11 Å². The molecular formula is C23H23NO2. The zero-order chi connectivity index (χ0) is 18.0. The third-order valence-corrected chi connectivity index (χ3v) is 5.25. The van der Waals surface area contributed by atoms with Crippen molar-refractivity contribution < 1.29 is 9.84 Å². The molecule has 0 radical (unpaired) electrons. The van der Waals surface area contributed by atoms with Crippen LogP contribution < -0.4 is 4.74 Å². The minimum atomic E-state index is -0.428. The maximum absolute atomic E-state index is 9.80. The van der Waals surface area contributed by atoms with Crippen molar-refractivity contribution >= 4 is 0 Å². The van der Waals surface area contributed by atoms with E-state index in [1.54, 1.807) is 7.11 Å². The molecule has 3 aromatic rings. The van der Waals surface area contributed by atoms with E-state index in [4.69, 9.17) is 4.74 Å². The van der Waals surface area contributed by atoms with Crippen molar-refractivity contribution in [3.05, 3.63) is 102 Å². The van der Waals surface area contributed by atoms with Gasteiger partial charge in [-0.3, -0.25) is 4.90 Å². The summed E-state index contributed by atoms with van der Waals surface area (Å²) in [5.74, 6) is 0.841. The SMILES string of the molecule is COc1ccc(C(c2ccccc2)(c2ccccc2)N2C[C@H]2CO)cc1. The van der Waals surface area contributed by atoms with Crippen molar-refractivity contribution in [2.45, 2.75) is 11.6 Å². The molecule has 1 fully saturated rings. The van der Waals surface area contributed by atoms with Crippen LogP contribution in [-0.4, -0.2) is 36.3 Å². The highest BCUT2D eigenvalue weighted by atomic mass is 16.5. The van der Waals surface area contributed by atoms with Gasteiger partial charge in [0.25, 0.3) is 0 Å². The highest BCUT2D eigenvalue weighted by molar-refractivity contribution is 5.52. The summed E-state index contributed by atoms with van der Waals surface area (Å²) in [4.78, 5) is 2.37. The molecule has 0 saturated carbocycles. The maximum Gasteiger partial charge on any atom is 0.118 e. The predicted molar refractivity (Wildman–Crippen MR) is 103 cm³/mol. The molecule has 0 amide bonds. The summed E-state index contributed by atoms with van der Waals surface area (Å²) < 4.78 is 5.36. The van der Waals surface area contributed by atoms with Gasteiger partial charge in [0.1, 0.15) is 5.75 Å². The molecule has 1 aliphatic heterocycles. The lowest BCUT2D eigenvalue weighted by Crippen LogP contribution is -2.39. The van der Waals surface area contributed by atoms with Gasteiger partial charge in [-0.25, -0.2) is 0 Å². The number of methoxy groups -OCH3 is 1. The van der Waals surface area contributed by atoms with E-state index in [0.29, 0.717) is 0 Å². The molecule has 4 rings (SSSR count). The molecular weight excluding hydrogens is 322 g/mol. The number of benzene rings is 3. The topological polar surface area (TPSA) is 32.5 Å². The first kappa shape index (κ1) is 16.8. The van der Waals surface area contributed by atoms with Gasteiger partial charge in [0.15, 0.2) is 0 Å². The van der Waals surface area contributed by atoms with Gasteiger partial charge in [0.2, 0.25) is 0 Å². The van der Waals surface area contributed by atoms with Crippen LogP contribution in [0.4, 0.5) is 0 Å². The van der Waals surface area contributed by atoms with Crippen molar-refractivity contribution in [2.24, 2.45) is 0 Å². The van der Waals surface area contributed by atoms with Crippen molar-refractivity contribution in [2.75, 3.05) is 20.3 Å². The summed E-state index contributed by atoms with van der Waals surface area (Å²) in [6.45, 7) is 1.03. The smallest absolute Gasteiger partial charge is 0.118 e. The second-order valence-corrected chi connectivity index (χ2v) is 6.66. The maximum atomic E-state index is 9.80. The summed E-state index contributed by atoms with van der Waals surface area (Å²) in [5.41, 5.74) is 3.15. The van der Waals surface area contributed by atoms with Gasteiger partial charge in [0.05, 0.1) is 19.3 Å². The van der Waals surface area contributed by atoms with E-state index in [0.717, 1.165) is 12.3 Å². The fourth-order valence-corrected chi connectivity index (χ4v) is 3.94. The fraction of sp³-hybridized carbons (Fsp3) is 0.217. The predicted octanol–water partition coefficient (Wildman–Crippen LogP) is 3.66. The van der Waals surface area contributed by atoms with Crippen LogP contribution in [0.1, 0.15) is 16.7 Å². The number of ether oxygens (including phenoxy) is 1. The first-order valence-electron chi connectivity index (χ1n) is 8.94. The van der Waals surface area contributed by atoms with Crippen LogP contribution in [0, 0.1) is 0 Å². The Balaban J connectivity index is 1.97. The van der Waals surface area contributed by atoms with Crippen LogP contribution in [0.3, 0.4) is 0 Å². The van der Waals surface area contributed by atoms with Crippen molar-refractivity contribution in [1.82, 2.24) is 4.90 Å². The number of aliphatic hydroxyl groups excluding tert-OH is 1. The van der Waals surface area contributed by atoms with Gasteiger partial charge >= 0.3 is 0 Å². The number of hydrogen-bond donors (Lipinski definition) is 1. The Morgan fingerprint density at radius 3 is 1.77 bits per heavy atom. The van der Waals surface area contributed by atoms with Gasteiger partial charge in [-0.2, -0.15) is 0 Å². The molecule has 0 aromatic heterocycles. The molecule has 1 heterocycles. The summed E-state index contributed by atoms with van der Waals surface area (Å²) in [7, 11) is 1.68. The number of nitrogens with zero attached hydrogens (tertiary/aromatic N) is 1. The van der Waals surface area contributed by atoms with Gasteiger partial charge in [-0.15, -0.1) is 0 Å². The Morgan fingerprint density at radius 1 is 0.846 bits per heavy atom. The van der Waals surface area contributed by atoms with E-state index >= 15 is 0 Å². The summed E-state index contributed by atoms with van der Waals surface area (Å²) in [5, 5.41) is 9.80. The van der Waals surface area contributed by atoms with Crippen molar-refractivity contribution in [3.63, 3.8) is 0 Å². The van der Waals surface area contributed by atoms with Gasteiger partial charge in [-0.05, 0) is 28.8 Å². The van der Waals surface area contributed by atoms with Crippen LogP contribution >= 0.6 is 0 Å².